The van der Waals surface area contributed by atoms with Gasteiger partial charge in [0, 0.05) is 18.2 Å². The number of amides is 1. The molecule has 0 bridgehead atoms. The van der Waals surface area contributed by atoms with E-state index in [0.717, 1.165) is 35.8 Å². The first-order valence-electron chi connectivity index (χ1n) is 11.8. The monoisotopic (exact) mass is 480 g/mol. The lowest BCUT2D eigenvalue weighted by molar-refractivity contribution is -0.118. The molecule has 0 aliphatic heterocycles. The maximum Gasteiger partial charge on any atom is 0.230 e. The highest BCUT2D eigenvalue weighted by Gasteiger charge is 2.25. The van der Waals surface area contributed by atoms with Crippen LogP contribution < -0.4 is 14.8 Å². The van der Waals surface area contributed by atoms with Crippen LogP contribution in [-0.2, 0) is 11.2 Å². The summed E-state index contributed by atoms with van der Waals surface area (Å²) in [5.41, 5.74) is 2.14. The number of nitrogens with one attached hydrogen (secondary N) is 1. The van der Waals surface area contributed by atoms with Gasteiger partial charge in [-0.05, 0) is 43.0 Å². The molecule has 1 fully saturated rings. The van der Waals surface area contributed by atoms with Crippen LogP contribution >= 0.6 is 11.8 Å². The first kappa shape index (κ1) is 24.1. The second kappa shape index (κ2) is 11.9. The lowest BCUT2D eigenvalue weighted by atomic mass is 9.95. The summed E-state index contributed by atoms with van der Waals surface area (Å²) in [5, 5.41) is 12.8. The zero-order valence-corrected chi connectivity index (χ0v) is 20.6. The molecule has 7 nitrogen and oxygen atoms in total. The maximum atomic E-state index is 12.5. The number of methoxy groups -OCH3 is 2. The molecular weight excluding hydrogens is 448 g/mol. The van der Waals surface area contributed by atoms with E-state index < -0.39 is 0 Å². The lowest BCUT2D eigenvalue weighted by Gasteiger charge is -2.25. The fourth-order valence-corrected chi connectivity index (χ4v) is 5.22. The minimum atomic E-state index is 0.00629. The number of carbonyl (C=O) groups excluding carboxylic acids is 1. The van der Waals surface area contributed by atoms with Crippen molar-refractivity contribution in [1.82, 2.24) is 20.1 Å². The van der Waals surface area contributed by atoms with Crippen molar-refractivity contribution in [1.29, 1.82) is 0 Å². The molecule has 0 spiro atoms. The second-order valence-corrected chi connectivity index (χ2v) is 9.35. The third kappa shape index (κ3) is 5.91. The molecule has 180 valence electrons. The lowest BCUT2D eigenvalue weighted by Crippen LogP contribution is -2.27. The van der Waals surface area contributed by atoms with E-state index in [4.69, 9.17) is 9.47 Å². The summed E-state index contributed by atoms with van der Waals surface area (Å²) in [6.07, 6.45) is 6.65. The quantitative estimate of drug-likeness (QED) is 0.415. The molecular formula is C26H32N4O3S. The van der Waals surface area contributed by atoms with E-state index in [-0.39, 0.29) is 5.91 Å². The van der Waals surface area contributed by atoms with Crippen molar-refractivity contribution in [3.05, 3.63) is 54.1 Å². The predicted octanol–water partition coefficient (Wildman–Crippen LogP) is 4.92. The van der Waals surface area contributed by atoms with E-state index in [1.807, 2.05) is 36.4 Å². The third-order valence-corrected chi connectivity index (χ3v) is 7.10. The average Bonchev–Trinajstić information content (AvgIpc) is 3.32. The minimum Gasteiger partial charge on any atom is -0.493 e. The van der Waals surface area contributed by atoms with Crippen molar-refractivity contribution in [3.63, 3.8) is 0 Å². The highest BCUT2D eigenvalue weighted by Crippen LogP contribution is 2.38. The fraction of sp³-hybridized carbons (Fsp3) is 0.423. The van der Waals surface area contributed by atoms with E-state index in [0.29, 0.717) is 29.8 Å². The highest BCUT2D eigenvalue weighted by atomic mass is 32.2. The van der Waals surface area contributed by atoms with Gasteiger partial charge in [-0.1, -0.05) is 61.4 Å². The summed E-state index contributed by atoms with van der Waals surface area (Å²) in [6.45, 7) is 0.621. The summed E-state index contributed by atoms with van der Waals surface area (Å²) in [5.74, 6) is 2.46. The van der Waals surface area contributed by atoms with Crippen LogP contribution in [0.3, 0.4) is 0 Å². The van der Waals surface area contributed by atoms with Gasteiger partial charge >= 0.3 is 0 Å². The molecule has 1 aliphatic rings. The van der Waals surface area contributed by atoms with E-state index in [2.05, 4.69) is 32.2 Å². The smallest absolute Gasteiger partial charge is 0.230 e. The largest absolute Gasteiger partial charge is 0.493 e. The van der Waals surface area contributed by atoms with Crippen molar-refractivity contribution in [2.75, 3.05) is 26.5 Å². The molecule has 4 rings (SSSR count). The first-order valence-corrected chi connectivity index (χ1v) is 12.8. The molecule has 0 unspecified atom stereocenters. The van der Waals surface area contributed by atoms with Gasteiger partial charge in [-0.3, -0.25) is 9.36 Å². The Morgan fingerprint density at radius 3 is 2.53 bits per heavy atom. The first-order chi connectivity index (χ1) is 16.7. The topological polar surface area (TPSA) is 78.3 Å². The van der Waals surface area contributed by atoms with Crippen LogP contribution in [0.4, 0.5) is 0 Å². The molecule has 0 saturated heterocycles. The Hall–Kier alpha value is -3.00. The second-order valence-electron chi connectivity index (χ2n) is 8.41. The molecule has 0 radical (unpaired) electrons. The van der Waals surface area contributed by atoms with Crippen LogP contribution in [0.5, 0.6) is 11.5 Å². The van der Waals surface area contributed by atoms with E-state index in [1.54, 1.807) is 14.2 Å². The Kier molecular flexibility index (Phi) is 8.46. The van der Waals surface area contributed by atoms with Gasteiger partial charge in [-0.15, -0.1) is 10.2 Å². The van der Waals surface area contributed by atoms with Crippen LogP contribution in [0.15, 0.2) is 53.7 Å². The minimum absolute atomic E-state index is 0.00629. The van der Waals surface area contributed by atoms with Gasteiger partial charge in [0.1, 0.15) is 0 Å². The number of nitrogens with zero attached hydrogens (tertiary/aromatic N) is 3. The van der Waals surface area contributed by atoms with Gasteiger partial charge < -0.3 is 14.8 Å². The third-order valence-electron chi connectivity index (χ3n) is 6.16. The molecule has 8 heteroatoms. The molecule has 1 aromatic heterocycles. The molecule has 34 heavy (non-hydrogen) atoms. The molecule has 1 aliphatic carbocycles. The van der Waals surface area contributed by atoms with Crippen molar-refractivity contribution in [2.45, 2.75) is 49.7 Å². The van der Waals surface area contributed by atoms with Gasteiger partial charge in [0.05, 0.1) is 20.0 Å². The predicted molar refractivity (Wildman–Crippen MR) is 135 cm³/mol. The van der Waals surface area contributed by atoms with Crippen LogP contribution in [-0.4, -0.2) is 47.2 Å². The normalized spacial score (nSPS) is 14.1. The summed E-state index contributed by atoms with van der Waals surface area (Å²) in [4.78, 5) is 12.5. The van der Waals surface area contributed by atoms with Crippen LogP contribution in [0.25, 0.3) is 11.4 Å². The zero-order valence-electron chi connectivity index (χ0n) is 19.8. The standard InChI is InChI=1S/C26H32N4O3S/c1-32-22-14-13-20(17-23(22)33-2)25-28-29-26(30(25)21-11-7-4-8-12-21)34-18-24(31)27-16-15-19-9-5-3-6-10-19/h3,5-6,9-10,13-14,17,21H,4,7-8,11-12,15-16,18H2,1-2H3,(H,27,31). The zero-order chi connectivity index (χ0) is 23.8. The maximum absolute atomic E-state index is 12.5. The number of hydrogen-bond acceptors (Lipinski definition) is 6. The van der Waals surface area contributed by atoms with Crippen LogP contribution in [0.2, 0.25) is 0 Å². The van der Waals surface area contributed by atoms with Crippen molar-refractivity contribution >= 4 is 17.7 Å². The number of ether oxygens (including phenoxy) is 2. The van der Waals surface area contributed by atoms with E-state index in [9.17, 15) is 4.79 Å². The number of carbonyl (C=O) groups is 1. The number of thioether (sulfide) groups is 1. The van der Waals surface area contributed by atoms with E-state index in [1.165, 1.54) is 36.6 Å². The number of aromatic nitrogens is 3. The molecule has 1 saturated carbocycles. The molecule has 2 aromatic carbocycles. The Morgan fingerprint density at radius 2 is 1.79 bits per heavy atom. The van der Waals surface area contributed by atoms with Crippen LogP contribution in [0.1, 0.15) is 43.7 Å². The molecule has 1 heterocycles. The number of rotatable bonds is 10. The molecule has 0 atom stereocenters. The summed E-state index contributed by atoms with van der Waals surface area (Å²) >= 11 is 1.45. The van der Waals surface area contributed by atoms with E-state index >= 15 is 0 Å². The SMILES string of the molecule is COc1ccc(-c2nnc(SCC(=O)NCCc3ccccc3)n2C2CCCCC2)cc1OC. The summed E-state index contributed by atoms with van der Waals surface area (Å²) in [6, 6.07) is 16.3. The molecule has 1 N–H and O–H groups in total. The Morgan fingerprint density at radius 1 is 1.03 bits per heavy atom. The number of hydrogen-bond donors (Lipinski definition) is 1. The van der Waals surface area contributed by atoms with Gasteiger partial charge in [-0.2, -0.15) is 0 Å². The van der Waals surface area contributed by atoms with Crippen LogP contribution in [0, 0.1) is 0 Å². The average molecular weight is 481 g/mol. The summed E-state index contributed by atoms with van der Waals surface area (Å²) in [7, 11) is 3.26. The van der Waals surface area contributed by atoms with Crippen molar-refractivity contribution in [2.24, 2.45) is 0 Å². The molecule has 3 aromatic rings. The Labute approximate surface area is 205 Å². The van der Waals surface area contributed by atoms with Gasteiger partial charge in [-0.25, -0.2) is 0 Å². The Balaban J connectivity index is 1.47. The van der Waals surface area contributed by atoms with Crippen molar-refractivity contribution < 1.29 is 14.3 Å². The van der Waals surface area contributed by atoms with Gasteiger partial charge in [0.25, 0.3) is 0 Å². The van der Waals surface area contributed by atoms with Gasteiger partial charge in [0.2, 0.25) is 5.91 Å². The van der Waals surface area contributed by atoms with Crippen molar-refractivity contribution in [3.8, 4) is 22.9 Å². The fourth-order valence-electron chi connectivity index (χ4n) is 4.39. The highest BCUT2D eigenvalue weighted by molar-refractivity contribution is 7.99. The Bertz CT molecular complexity index is 1080. The summed E-state index contributed by atoms with van der Waals surface area (Å²) < 4.78 is 13.1. The van der Waals surface area contributed by atoms with Gasteiger partial charge in [0.15, 0.2) is 22.5 Å². The number of benzene rings is 2. The molecule has 1 amide bonds.